The highest BCUT2D eigenvalue weighted by atomic mass is 16.7. The van der Waals surface area contributed by atoms with Gasteiger partial charge in [0.15, 0.2) is 0 Å². The highest BCUT2D eigenvalue weighted by Gasteiger charge is 2.16. The fourth-order valence-corrected chi connectivity index (χ4v) is 1.39. The van der Waals surface area contributed by atoms with Crippen molar-refractivity contribution in [3.63, 3.8) is 0 Å². The normalized spacial score (nSPS) is 16.2. The summed E-state index contributed by atoms with van der Waals surface area (Å²) in [5.41, 5.74) is 2.63. The number of rotatable bonds is 6. The maximum atomic E-state index is 11.4. The molecule has 1 N–H and O–H groups in total. The molecule has 0 saturated carbocycles. The van der Waals surface area contributed by atoms with Crippen LogP contribution in [0.15, 0.2) is 0 Å². The van der Waals surface area contributed by atoms with Gasteiger partial charge in [0, 0.05) is 20.2 Å². The van der Waals surface area contributed by atoms with Crippen molar-refractivity contribution in [1.29, 1.82) is 0 Å². The Morgan fingerprint density at radius 3 is 2.71 bits per heavy atom. The van der Waals surface area contributed by atoms with E-state index in [1.54, 1.807) is 7.11 Å². The Hall–Kier alpha value is -0.650. The van der Waals surface area contributed by atoms with Crippen LogP contribution in [0.5, 0.6) is 0 Å². The Balaban J connectivity index is 1.97. The van der Waals surface area contributed by atoms with Crippen LogP contribution in [0.1, 0.15) is 12.8 Å². The van der Waals surface area contributed by atoms with E-state index in [0.717, 1.165) is 25.9 Å². The number of hydroxylamine groups is 1. The van der Waals surface area contributed by atoms with Gasteiger partial charge >= 0.3 is 0 Å². The van der Waals surface area contributed by atoms with Crippen LogP contribution in [0.25, 0.3) is 0 Å². The molecule has 0 aromatic heterocycles. The van der Waals surface area contributed by atoms with E-state index in [2.05, 4.69) is 5.48 Å². The molecule has 0 radical (unpaired) electrons. The molecule has 82 valence electrons. The fraction of sp³-hybridized carbons (Fsp3) is 0.889. The van der Waals surface area contributed by atoms with Gasteiger partial charge in [-0.1, -0.05) is 0 Å². The molecule has 1 aliphatic rings. The quantitative estimate of drug-likeness (QED) is 0.478. The first-order valence-corrected chi connectivity index (χ1v) is 4.96. The average Bonchev–Trinajstić information content (AvgIpc) is 2.70. The van der Waals surface area contributed by atoms with Crippen LogP contribution in [0.3, 0.4) is 0 Å². The molecule has 1 rings (SSSR count). The van der Waals surface area contributed by atoms with Crippen molar-refractivity contribution in [3.05, 3.63) is 0 Å². The second-order valence-electron chi connectivity index (χ2n) is 3.25. The zero-order valence-electron chi connectivity index (χ0n) is 8.62. The summed E-state index contributed by atoms with van der Waals surface area (Å²) in [6.45, 7) is 3.02. The minimum Gasteiger partial charge on any atom is -0.382 e. The highest BCUT2D eigenvalue weighted by molar-refractivity contribution is 5.78. The lowest BCUT2D eigenvalue weighted by Crippen LogP contribution is -2.36. The number of carbonyl (C=O) groups is 1. The Bertz CT molecular complexity index is 169. The minimum absolute atomic E-state index is 0.111. The van der Waals surface area contributed by atoms with E-state index in [9.17, 15) is 4.79 Å². The lowest BCUT2D eigenvalue weighted by atomic mass is 10.4. The Kier molecular flexibility index (Phi) is 5.51. The van der Waals surface area contributed by atoms with Gasteiger partial charge in [-0.25, -0.2) is 0 Å². The topological polar surface area (TPSA) is 50.8 Å². The van der Waals surface area contributed by atoms with Gasteiger partial charge < -0.3 is 9.64 Å². The van der Waals surface area contributed by atoms with Crippen molar-refractivity contribution < 1.29 is 14.4 Å². The molecule has 5 heteroatoms. The summed E-state index contributed by atoms with van der Waals surface area (Å²) < 4.78 is 4.79. The first-order chi connectivity index (χ1) is 6.84. The first kappa shape index (κ1) is 11.4. The van der Waals surface area contributed by atoms with Crippen molar-refractivity contribution in [2.75, 3.05) is 40.0 Å². The summed E-state index contributed by atoms with van der Waals surface area (Å²) in [6, 6.07) is 0. The summed E-state index contributed by atoms with van der Waals surface area (Å²) in [5.74, 6) is 0.111. The molecule has 0 aromatic rings. The van der Waals surface area contributed by atoms with Gasteiger partial charge in [-0.3, -0.25) is 9.63 Å². The Morgan fingerprint density at radius 1 is 1.36 bits per heavy atom. The van der Waals surface area contributed by atoms with Gasteiger partial charge in [0.05, 0.1) is 13.2 Å². The Morgan fingerprint density at radius 2 is 2.07 bits per heavy atom. The SMILES string of the molecule is COCCONCC(=O)N1CCCC1. The molecule has 1 aliphatic heterocycles. The number of ether oxygens (including phenoxy) is 1. The molecule has 1 saturated heterocycles. The van der Waals surface area contributed by atoms with E-state index in [1.165, 1.54) is 0 Å². The first-order valence-electron chi connectivity index (χ1n) is 4.96. The summed E-state index contributed by atoms with van der Waals surface area (Å²) in [5, 5.41) is 0. The van der Waals surface area contributed by atoms with Gasteiger partial charge in [-0.15, -0.1) is 0 Å². The van der Waals surface area contributed by atoms with Crippen molar-refractivity contribution in [3.8, 4) is 0 Å². The zero-order valence-corrected chi connectivity index (χ0v) is 8.62. The summed E-state index contributed by atoms with van der Waals surface area (Å²) >= 11 is 0. The number of hydrogen-bond acceptors (Lipinski definition) is 4. The molecule has 0 aromatic carbocycles. The van der Waals surface area contributed by atoms with Crippen LogP contribution in [0, 0.1) is 0 Å². The zero-order chi connectivity index (χ0) is 10.2. The number of likely N-dealkylation sites (tertiary alicyclic amines) is 1. The average molecular weight is 202 g/mol. The smallest absolute Gasteiger partial charge is 0.238 e. The molecular formula is C9H18N2O3. The second-order valence-corrected chi connectivity index (χ2v) is 3.25. The van der Waals surface area contributed by atoms with Crippen LogP contribution < -0.4 is 5.48 Å². The van der Waals surface area contributed by atoms with E-state index in [1.807, 2.05) is 4.90 Å². The molecule has 0 unspecified atom stereocenters. The predicted molar refractivity (Wildman–Crippen MR) is 51.6 cm³/mol. The van der Waals surface area contributed by atoms with Gasteiger partial charge in [0.1, 0.15) is 6.54 Å². The molecule has 0 spiro atoms. The standard InChI is InChI=1S/C9H18N2O3/c1-13-6-7-14-10-8-9(12)11-4-2-3-5-11/h10H,2-8H2,1H3. The molecule has 0 aliphatic carbocycles. The van der Waals surface area contributed by atoms with Crippen molar-refractivity contribution >= 4 is 5.91 Å². The van der Waals surface area contributed by atoms with E-state index in [4.69, 9.17) is 9.57 Å². The molecule has 1 heterocycles. The van der Waals surface area contributed by atoms with Crippen LogP contribution in [0.4, 0.5) is 0 Å². The third kappa shape index (κ3) is 4.04. The third-order valence-electron chi connectivity index (χ3n) is 2.17. The minimum atomic E-state index is 0.111. The summed E-state index contributed by atoms with van der Waals surface area (Å²) in [7, 11) is 1.61. The van der Waals surface area contributed by atoms with Gasteiger partial charge in [0.2, 0.25) is 5.91 Å². The molecule has 1 amide bonds. The van der Waals surface area contributed by atoms with Crippen LogP contribution in [0.2, 0.25) is 0 Å². The number of nitrogens with one attached hydrogen (secondary N) is 1. The maximum Gasteiger partial charge on any atom is 0.238 e. The van der Waals surface area contributed by atoms with E-state index >= 15 is 0 Å². The third-order valence-corrected chi connectivity index (χ3v) is 2.17. The number of carbonyl (C=O) groups excluding carboxylic acids is 1. The lowest BCUT2D eigenvalue weighted by molar-refractivity contribution is -0.132. The van der Waals surface area contributed by atoms with Crippen molar-refractivity contribution in [2.45, 2.75) is 12.8 Å². The van der Waals surface area contributed by atoms with Gasteiger partial charge in [-0.05, 0) is 12.8 Å². The predicted octanol–water partition coefficient (Wildman–Crippen LogP) is -0.224. The summed E-state index contributed by atoms with van der Waals surface area (Å²) in [4.78, 5) is 18.3. The number of amides is 1. The molecule has 1 fully saturated rings. The van der Waals surface area contributed by atoms with E-state index in [0.29, 0.717) is 13.2 Å². The molecular weight excluding hydrogens is 184 g/mol. The van der Waals surface area contributed by atoms with Crippen molar-refractivity contribution in [1.82, 2.24) is 10.4 Å². The second kappa shape index (κ2) is 6.75. The number of nitrogens with zero attached hydrogens (tertiary/aromatic N) is 1. The maximum absolute atomic E-state index is 11.4. The summed E-state index contributed by atoms with van der Waals surface area (Å²) in [6.07, 6.45) is 2.24. The van der Waals surface area contributed by atoms with Gasteiger partial charge in [-0.2, -0.15) is 5.48 Å². The van der Waals surface area contributed by atoms with Gasteiger partial charge in [0.25, 0.3) is 0 Å². The van der Waals surface area contributed by atoms with E-state index < -0.39 is 0 Å². The number of methoxy groups -OCH3 is 1. The van der Waals surface area contributed by atoms with Crippen LogP contribution in [-0.4, -0.2) is 50.8 Å². The highest BCUT2D eigenvalue weighted by Crippen LogP contribution is 2.06. The van der Waals surface area contributed by atoms with Crippen LogP contribution in [-0.2, 0) is 14.4 Å². The monoisotopic (exact) mass is 202 g/mol. The van der Waals surface area contributed by atoms with Crippen LogP contribution >= 0.6 is 0 Å². The van der Waals surface area contributed by atoms with E-state index in [-0.39, 0.29) is 12.5 Å². The molecule has 0 bridgehead atoms. The molecule has 5 nitrogen and oxygen atoms in total. The van der Waals surface area contributed by atoms with Crippen molar-refractivity contribution in [2.24, 2.45) is 0 Å². The lowest BCUT2D eigenvalue weighted by Gasteiger charge is -2.15. The Labute approximate surface area is 84.3 Å². The molecule has 14 heavy (non-hydrogen) atoms. The molecule has 0 atom stereocenters. The fourth-order valence-electron chi connectivity index (χ4n) is 1.39. The largest absolute Gasteiger partial charge is 0.382 e. The number of hydrogen-bond donors (Lipinski definition) is 1.